The van der Waals surface area contributed by atoms with Gasteiger partial charge in [-0.1, -0.05) is 0 Å². The topological polar surface area (TPSA) is 96.9 Å². The molecule has 0 saturated heterocycles. The summed E-state index contributed by atoms with van der Waals surface area (Å²) in [6, 6.07) is 9.46. The number of aromatic amines is 1. The predicted octanol–water partition coefficient (Wildman–Crippen LogP) is 3.73. The minimum Gasteiger partial charge on any atom is -0.461 e. The highest BCUT2D eigenvalue weighted by molar-refractivity contribution is 5.95. The van der Waals surface area contributed by atoms with Crippen LogP contribution in [0.1, 0.15) is 19.3 Å². The Morgan fingerprint density at radius 2 is 2.12 bits per heavy atom. The molecule has 1 amide bonds. The van der Waals surface area contributed by atoms with Gasteiger partial charge >= 0.3 is 0 Å². The van der Waals surface area contributed by atoms with Gasteiger partial charge in [0.1, 0.15) is 0 Å². The van der Waals surface area contributed by atoms with E-state index in [4.69, 9.17) is 10.2 Å². The SMILES string of the molecule is Cl.Cl.NC1CCC(C(=O)Nc2ccc3nc(-c4ccco4)[nH]c3c2)C1. The van der Waals surface area contributed by atoms with Crippen molar-refractivity contribution in [2.75, 3.05) is 5.32 Å². The molecule has 0 spiro atoms. The first-order valence-corrected chi connectivity index (χ1v) is 7.79. The van der Waals surface area contributed by atoms with Crippen molar-refractivity contribution in [3.05, 3.63) is 36.6 Å². The van der Waals surface area contributed by atoms with Gasteiger partial charge in [0.25, 0.3) is 0 Å². The molecule has 6 nitrogen and oxygen atoms in total. The number of H-pyrrole nitrogens is 1. The van der Waals surface area contributed by atoms with Gasteiger partial charge in [0.2, 0.25) is 5.91 Å². The number of carbonyl (C=O) groups is 1. The molecule has 1 fully saturated rings. The third-order valence-electron chi connectivity index (χ3n) is 4.35. The predicted molar refractivity (Wildman–Crippen MR) is 102 cm³/mol. The highest BCUT2D eigenvalue weighted by Gasteiger charge is 2.27. The average molecular weight is 383 g/mol. The van der Waals surface area contributed by atoms with Gasteiger partial charge in [-0.25, -0.2) is 4.98 Å². The van der Waals surface area contributed by atoms with Crippen molar-refractivity contribution in [3.63, 3.8) is 0 Å². The molecule has 1 aliphatic rings. The first-order chi connectivity index (χ1) is 11.2. The van der Waals surface area contributed by atoms with E-state index in [1.807, 2.05) is 30.3 Å². The number of nitrogens with zero attached hydrogens (tertiary/aromatic N) is 1. The van der Waals surface area contributed by atoms with Crippen LogP contribution in [0, 0.1) is 5.92 Å². The molecular weight excluding hydrogens is 363 g/mol. The summed E-state index contributed by atoms with van der Waals surface area (Å²) in [5, 5.41) is 2.97. The smallest absolute Gasteiger partial charge is 0.227 e. The standard InChI is InChI=1S/C17H18N4O2.2ClH/c18-11-4-3-10(8-11)17(22)19-12-5-6-13-14(9-12)21-16(20-13)15-2-1-7-23-15;;/h1-2,5-7,9-11H,3-4,8,18H2,(H,19,22)(H,20,21);2*1H. The van der Waals surface area contributed by atoms with Crippen molar-refractivity contribution in [2.45, 2.75) is 25.3 Å². The maximum Gasteiger partial charge on any atom is 0.227 e. The Hall–Kier alpha value is -2.02. The van der Waals surface area contributed by atoms with Crippen LogP contribution in [0.4, 0.5) is 5.69 Å². The molecule has 1 saturated carbocycles. The molecule has 0 bridgehead atoms. The van der Waals surface area contributed by atoms with Gasteiger partial charge in [0, 0.05) is 17.6 Å². The second kappa shape index (κ2) is 7.91. The third kappa shape index (κ3) is 3.98. The maximum absolute atomic E-state index is 12.3. The quantitative estimate of drug-likeness (QED) is 0.642. The van der Waals surface area contributed by atoms with Crippen molar-refractivity contribution in [3.8, 4) is 11.6 Å². The molecule has 1 aromatic carbocycles. The molecule has 134 valence electrons. The Morgan fingerprint density at radius 1 is 1.28 bits per heavy atom. The number of anilines is 1. The fourth-order valence-electron chi connectivity index (χ4n) is 3.12. The lowest BCUT2D eigenvalue weighted by Gasteiger charge is -2.10. The number of amides is 1. The van der Waals surface area contributed by atoms with Crippen LogP contribution in [0.2, 0.25) is 0 Å². The normalized spacial score (nSPS) is 19.2. The number of rotatable bonds is 3. The Morgan fingerprint density at radius 3 is 2.80 bits per heavy atom. The Labute approximate surface area is 157 Å². The van der Waals surface area contributed by atoms with E-state index in [2.05, 4.69) is 15.3 Å². The largest absolute Gasteiger partial charge is 0.461 e. The van der Waals surface area contributed by atoms with Crippen LogP contribution in [0.3, 0.4) is 0 Å². The van der Waals surface area contributed by atoms with Gasteiger partial charge in [0.05, 0.1) is 17.3 Å². The molecule has 4 N–H and O–H groups in total. The van der Waals surface area contributed by atoms with Crippen LogP contribution < -0.4 is 11.1 Å². The van der Waals surface area contributed by atoms with Gasteiger partial charge in [-0.15, -0.1) is 24.8 Å². The van der Waals surface area contributed by atoms with E-state index in [1.165, 1.54) is 0 Å². The van der Waals surface area contributed by atoms with Gasteiger partial charge < -0.3 is 20.5 Å². The number of halogens is 2. The van der Waals surface area contributed by atoms with Crippen molar-refractivity contribution >= 4 is 47.4 Å². The molecule has 25 heavy (non-hydrogen) atoms. The van der Waals surface area contributed by atoms with E-state index in [0.29, 0.717) is 11.6 Å². The number of fused-ring (bicyclic) bond motifs is 1. The van der Waals surface area contributed by atoms with Crippen LogP contribution in [0.25, 0.3) is 22.6 Å². The van der Waals surface area contributed by atoms with Gasteiger partial charge in [-0.3, -0.25) is 4.79 Å². The molecule has 1 aliphatic carbocycles. The maximum atomic E-state index is 12.3. The van der Waals surface area contributed by atoms with E-state index in [9.17, 15) is 4.79 Å². The van der Waals surface area contributed by atoms with Gasteiger partial charge in [-0.2, -0.15) is 0 Å². The van der Waals surface area contributed by atoms with Crippen molar-refractivity contribution in [1.82, 2.24) is 9.97 Å². The summed E-state index contributed by atoms with van der Waals surface area (Å²) in [5.74, 6) is 1.42. The molecule has 2 atom stereocenters. The average Bonchev–Trinajstić information content (AvgIpc) is 3.26. The highest BCUT2D eigenvalue weighted by atomic mass is 35.5. The molecule has 0 aliphatic heterocycles. The van der Waals surface area contributed by atoms with Crippen molar-refractivity contribution < 1.29 is 9.21 Å². The molecule has 4 rings (SSSR count). The van der Waals surface area contributed by atoms with Crippen LogP contribution in [0.15, 0.2) is 41.0 Å². The number of hydrogen-bond donors (Lipinski definition) is 3. The van der Waals surface area contributed by atoms with E-state index in [1.54, 1.807) is 6.26 Å². The minimum atomic E-state index is 0. The van der Waals surface area contributed by atoms with Gasteiger partial charge in [-0.05, 0) is 49.6 Å². The van der Waals surface area contributed by atoms with Crippen molar-refractivity contribution in [2.24, 2.45) is 11.7 Å². The summed E-state index contributed by atoms with van der Waals surface area (Å²) in [4.78, 5) is 20.0. The summed E-state index contributed by atoms with van der Waals surface area (Å²) in [6.45, 7) is 0. The Kier molecular flexibility index (Phi) is 6.11. The summed E-state index contributed by atoms with van der Waals surface area (Å²) in [7, 11) is 0. The van der Waals surface area contributed by atoms with Crippen molar-refractivity contribution in [1.29, 1.82) is 0 Å². The number of aromatic nitrogens is 2. The van der Waals surface area contributed by atoms with Crippen LogP contribution in [-0.2, 0) is 4.79 Å². The van der Waals surface area contributed by atoms with Crippen LogP contribution in [-0.4, -0.2) is 21.9 Å². The van der Waals surface area contributed by atoms with E-state index < -0.39 is 0 Å². The lowest BCUT2D eigenvalue weighted by atomic mass is 10.1. The zero-order valence-corrected chi connectivity index (χ0v) is 15.0. The second-order valence-corrected chi connectivity index (χ2v) is 6.05. The first kappa shape index (κ1) is 19.3. The summed E-state index contributed by atoms with van der Waals surface area (Å²) < 4.78 is 5.35. The fourth-order valence-corrected chi connectivity index (χ4v) is 3.12. The van der Waals surface area contributed by atoms with Crippen LogP contribution >= 0.6 is 24.8 Å². The number of hydrogen-bond acceptors (Lipinski definition) is 4. The molecule has 8 heteroatoms. The number of nitrogens with one attached hydrogen (secondary N) is 2. The zero-order chi connectivity index (χ0) is 15.8. The lowest BCUT2D eigenvalue weighted by Crippen LogP contribution is -2.23. The van der Waals surface area contributed by atoms with E-state index >= 15 is 0 Å². The second-order valence-electron chi connectivity index (χ2n) is 6.05. The molecule has 0 radical (unpaired) electrons. The number of benzene rings is 1. The Bertz CT molecular complexity index is 848. The monoisotopic (exact) mass is 382 g/mol. The molecule has 3 aromatic rings. The van der Waals surface area contributed by atoms with Gasteiger partial charge in [0.15, 0.2) is 11.6 Å². The number of carbonyl (C=O) groups excluding carboxylic acids is 1. The van der Waals surface area contributed by atoms with E-state index in [-0.39, 0.29) is 42.7 Å². The number of nitrogens with two attached hydrogens (primary N) is 1. The lowest BCUT2D eigenvalue weighted by molar-refractivity contribution is -0.119. The summed E-state index contributed by atoms with van der Waals surface area (Å²) in [6.07, 6.45) is 4.16. The molecular formula is C17H20Cl2N4O2. The molecule has 2 heterocycles. The number of imidazole rings is 1. The zero-order valence-electron chi connectivity index (χ0n) is 13.4. The minimum absolute atomic E-state index is 0. The summed E-state index contributed by atoms with van der Waals surface area (Å²) >= 11 is 0. The first-order valence-electron chi connectivity index (χ1n) is 7.79. The summed E-state index contributed by atoms with van der Waals surface area (Å²) in [5.41, 5.74) is 8.33. The highest BCUT2D eigenvalue weighted by Crippen LogP contribution is 2.27. The molecule has 2 unspecified atom stereocenters. The third-order valence-corrected chi connectivity index (χ3v) is 4.35. The number of furan rings is 1. The van der Waals surface area contributed by atoms with Crippen LogP contribution in [0.5, 0.6) is 0 Å². The van der Waals surface area contributed by atoms with E-state index in [0.717, 1.165) is 36.0 Å². The fraction of sp³-hybridized carbons (Fsp3) is 0.294. The molecule has 2 aromatic heterocycles. The Balaban J connectivity index is 0.00000113.